The summed E-state index contributed by atoms with van der Waals surface area (Å²) in [5.41, 5.74) is 1.47. The van der Waals surface area contributed by atoms with E-state index in [0.29, 0.717) is 35.8 Å². The Morgan fingerprint density at radius 1 is 1.10 bits per heavy atom. The molecule has 3 rings (SSSR count). The maximum Gasteiger partial charge on any atom is 0.323 e. The van der Waals surface area contributed by atoms with Crippen molar-refractivity contribution in [3.05, 3.63) is 54.1 Å². The minimum atomic E-state index is -0.420. The molecule has 0 aromatic heterocycles. The van der Waals surface area contributed by atoms with Crippen molar-refractivity contribution in [1.82, 2.24) is 9.80 Å². The summed E-state index contributed by atoms with van der Waals surface area (Å²) in [6.45, 7) is 7.50. The molecular formula is C30H44N4O5. The number of fused-ring (bicyclic) bond motifs is 1. The fourth-order valence-electron chi connectivity index (χ4n) is 4.64. The molecule has 0 unspecified atom stereocenters. The molecule has 3 N–H and O–H groups in total. The number of benzene rings is 2. The summed E-state index contributed by atoms with van der Waals surface area (Å²) in [6.07, 6.45) is 2.51. The van der Waals surface area contributed by atoms with Gasteiger partial charge in [0.15, 0.2) is 0 Å². The SMILES string of the molecule is C[C@@H]1CN([C@@H](C)CO)C(=O)c2cc(NC(=O)Nc3ccccc3)ccc2O[C@@H](C)CCCCO[C@@H]1CN(C)C. The minimum absolute atomic E-state index is 0.0227. The molecule has 2 aromatic carbocycles. The van der Waals surface area contributed by atoms with Crippen LogP contribution in [-0.4, -0.2) is 85.5 Å². The Balaban J connectivity index is 1.93. The van der Waals surface area contributed by atoms with Gasteiger partial charge >= 0.3 is 6.03 Å². The first-order chi connectivity index (χ1) is 18.7. The molecule has 9 heteroatoms. The molecular weight excluding hydrogens is 496 g/mol. The second-order valence-corrected chi connectivity index (χ2v) is 10.7. The number of ether oxygens (including phenoxy) is 2. The number of anilines is 2. The first-order valence-electron chi connectivity index (χ1n) is 13.8. The topological polar surface area (TPSA) is 103 Å². The van der Waals surface area contributed by atoms with Gasteiger partial charge in [-0.05, 0) is 77.5 Å². The Morgan fingerprint density at radius 3 is 2.51 bits per heavy atom. The van der Waals surface area contributed by atoms with Crippen LogP contribution in [0.3, 0.4) is 0 Å². The van der Waals surface area contributed by atoms with Crippen molar-refractivity contribution in [1.29, 1.82) is 0 Å². The van der Waals surface area contributed by atoms with E-state index in [1.807, 2.05) is 46.1 Å². The molecule has 2 aromatic rings. The average molecular weight is 541 g/mol. The van der Waals surface area contributed by atoms with Crippen molar-refractivity contribution in [2.75, 3.05) is 51.0 Å². The summed E-state index contributed by atoms with van der Waals surface area (Å²) in [5.74, 6) is 0.218. The maximum atomic E-state index is 14.1. The number of hydrogen-bond donors (Lipinski definition) is 3. The molecule has 4 atom stereocenters. The average Bonchev–Trinajstić information content (AvgIpc) is 2.90. The van der Waals surface area contributed by atoms with E-state index >= 15 is 0 Å². The van der Waals surface area contributed by atoms with Crippen molar-refractivity contribution in [2.24, 2.45) is 5.92 Å². The normalized spacial score (nSPS) is 21.9. The van der Waals surface area contributed by atoms with Crippen LogP contribution in [0.5, 0.6) is 5.75 Å². The Kier molecular flexibility index (Phi) is 11.6. The van der Waals surface area contributed by atoms with Crippen LogP contribution in [0, 0.1) is 5.92 Å². The number of carbonyl (C=O) groups excluding carboxylic acids is 2. The van der Waals surface area contributed by atoms with Gasteiger partial charge in [0, 0.05) is 37.0 Å². The summed E-state index contributed by atoms with van der Waals surface area (Å²) in [5, 5.41) is 15.7. The van der Waals surface area contributed by atoms with E-state index in [1.165, 1.54) is 0 Å². The Bertz CT molecular complexity index is 1060. The molecule has 1 aliphatic heterocycles. The summed E-state index contributed by atoms with van der Waals surface area (Å²) >= 11 is 0. The number of carbonyl (C=O) groups is 2. The third-order valence-corrected chi connectivity index (χ3v) is 6.89. The molecule has 0 spiro atoms. The zero-order valence-electron chi connectivity index (χ0n) is 23.9. The lowest BCUT2D eigenvalue weighted by Gasteiger charge is -2.35. The number of nitrogens with zero attached hydrogens (tertiary/aromatic N) is 2. The number of para-hydroxylation sites is 1. The number of aliphatic hydroxyl groups excluding tert-OH is 1. The lowest BCUT2D eigenvalue weighted by atomic mass is 10.0. The van der Waals surface area contributed by atoms with E-state index in [2.05, 4.69) is 22.5 Å². The predicted molar refractivity (Wildman–Crippen MR) is 155 cm³/mol. The molecule has 9 nitrogen and oxygen atoms in total. The van der Waals surface area contributed by atoms with Gasteiger partial charge in [-0.3, -0.25) is 4.79 Å². The standard InChI is InChI=1S/C30H44N4O5/c1-21-18-34(22(2)20-35)29(36)26-17-25(32-30(37)31-24-12-7-6-8-13-24)14-15-27(26)39-23(3)11-9-10-16-38-28(21)19-33(4)5/h6-8,12-15,17,21-23,28,35H,9-11,16,18-20H2,1-5H3,(H2,31,32,37)/t21-,22+,23+,28-/m1/s1. The van der Waals surface area contributed by atoms with Crippen LogP contribution < -0.4 is 15.4 Å². The zero-order chi connectivity index (χ0) is 28.4. The first kappa shape index (κ1) is 30.4. The van der Waals surface area contributed by atoms with Crippen molar-refractivity contribution in [2.45, 2.75) is 58.3 Å². The van der Waals surface area contributed by atoms with E-state index in [-0.39, 0.29) is 30.6 Å². The lowest BCUT2D eigenvalue weighted by Crippen LogP contribution is -2.47. The van der Waals surface area contributed by atoms with Gasteiger partial charge in [0.25, 0.3) is 5.91 Å². The summed E-state index contributed by atoms with van der Waals surface area (Å²) in [7, 11) is 4.02. The largest absolute Gasteiger partial charge is 0.490 e. The van der Waals surface area contributed by atoms with Crippen LogP contribution in [0.25, 0.3) is 0 Å². The Labute approximate surface area is 232 Å². The second kappa shape index (κ2) is 14.9. The fourth-order valence-corrected chi connectivity index (χ4v) is 4.64. The molecule has 0 aliphatic carbocycles. The molecule has 3 amide bonds. The molecule has 0 saturated heterocycles. The highest BCUT2D eigenvalue weighted by Crippen LogP contribution is 2.28. The van der Waals surface area contributed by atoms with E-state index in [4.69, 9.17) is 9.47 Å². The van der Waals surface area contributed by atoms with Gasteiger partial charge in [-0.1, -0.05) is 25.1 Å². The molecule has 1 heterocycles. The highest BCUT2D eigenvalue weighted by molar-refractivity contribution is 6.02. The van der Waals surface area contributed by atoms with Gasteiger partial charge in [-0.15, -0.1) is 0 Å². The van der Waals surface area contributed by atoms with E-state index in [1.54, 1.807) is 35.2 Å². The van der Waals surface area contributed by atoms with Gasteiger partial charge in [0.05, 0.1) is 30.4 Å². The first-order valence-corrected chi connectivity index (χ1v) is 13.8. The van der Waals surface area contributed by atoms with E-state index in [9.17, 15) is 14.7 Å². The van der Waals surface area contributed by atoms with Gasteiger partial charge in [0.2, 0.25) is 0 Å². The van der Waals surface area contributed by atoms with E-state index in [0.717, 1.165) is 25.8 Å². The monoisotopic (exact) mass is 540 g/mol. The van der Waals surface area contributed by atoms with E-state index < -0.39 is 12.1 Å². The predicted octanol–water partition coefficient (Wildman–Crippen LogP) is 4.69. The van der Waals surface area contributed by atoms with Crippen molar-refractivity contribution >= 4 is 23.3 Å². The Morgan fingerprint density at radius 2 is 1.82 bits per heavy atom. The van der Waals surface area contributed by atoms with Crippen LogP contribution >= 0.6 is 0 Å². The fraction of sp³-hybridized carbons (Fsp3) is 0.533. The van der Waals surface area contributed by atoms with Crippen molar-refractivity contribution < 1.29 is 24.2 Å². The number of hydrogen-bond acceptors (Lipinski definition) is 6. The molecule has 1 aliphatic rings. The summed E-state index contributed by atoms with van der Waals surface area (Å²) < 4.78 is 12.5. The van der Waals surface area contributed by atoms with Crippen LogP contribution in [0.1, 0.15) is 50.4 Å². The summed E-state index contributed by atoms with van der Waals surface area (Å²) in [4.78, 5) is 30.5. The van der Waals surface area contributed by atoms with Gasteiger partial charge in [-0.2, -0.15) is 0 Å². The number of aliphatic hydroxyl groups is 1. The Hall–Kier alpha value is -3.14. The highest BCUT2D eigenvalue weighted by Gasteiger charge is 2.30. The molecule has 0 fully saturated rings. The third kappa shape index (κ3) is 9.23. The van der Waals surface area contributed by atoms with Gasteiger partial charge in [0.1, 0.15) is 5.75 Å². The van der Waals surface area contributed by atoms with Gasteiger partial charge < -0.3 is 35.0 Å². The number of urea groups is 1. The number of likely N-dealkylation sites (N-methyl/N-ethyl adjacent to an activating group) is 1. The maximum absolute atomic E-state index is 14.1. The summed E-state index contributed by atoms with van der Waals surface area (Å²) in [6, 6.07) is 13.4. The van der Waals surface area contributed by atoms with Gasteiger partial charge in [-0.25, -0.2) is 4.79 Å². The quantitative estimate of drug-likeness (QED) is 0.491. The number of rotatable bonds is 6. The second-order valence-electron chi connectivity index (χ2n) is 10.7. The van der Waals surface area contributed by atoms with Crippen molar-refractivity contribution in [3.63, 3.8) is 0 Å². The number of nitrogens with one attached hydrogen (secondary N) is 2. The smallest absolute Gasteiger partial charge is 0.323 e. The molecule has 39 heavy (non-hydrogen) atoms. The minimum Gasteiger partial charge on any atom is -0.490 e. The third-order valence-electron chi connectivity index (χ3n) is 6.89. The zero-order valence-corrected chi connectivity index (χ0v) is 23.9. The number of amides is 3. The highest BCUT2D eigenvalue weighted by atomic mass is 16.5. The van der Waals surface area contributed by atoms with Crippen LogP contribution in [0.4, 0.5) is 16.2 Å². The van der Waals surface area contributed by atoms with Crippen LogP contribution in [0.15, 0.2) is 48.5 Å². The van der Waals surface area contributed by atoms with Crippen molar-refractivity contribution in [3.8, 4) is 5.75 Å². The van der Waals surface area contributed by atoms with Crippen LogP contribution in [-0.2, 0) is 4.74 Å². The molecule has 0 radical (unpaired) electrons. The van der Waals surface area contributed by atoms with Crippen LogP contribution in [0.2, 0.25) is 0 Å². The molecule has 0 saturated carbocycles. The molecule has 214 valence electrons. The lowest BCUT2D eigenvalue weighted by molar-refractivity contribution is -0.0137. The molecule has 0 bridgehead atoms.